The number of nitrogens with zero attached hydrogens (tertiary/aromatic N) is 2. The molecule has 30 heavy (non-hydrogen) atoms. The molecule has 3 aromatic rings. The minimum Gasteiger partial charge on any atom is -0.369 e. The summed E-state index contributed by atoms with van der Waals surface area (Å²) < 4.78 is 13.3. The molecule has 0 saturated heterocycles. The minimum atomic E-state index is -0.850. The molecule has 2 aromatic carbocycles. The number of amides is 1. The molecule has 2 heterocycles. The van der Waals surface area contributed by atoms with Crippen LogP contribution < -0.4 is 10.6 Å². The fourth-order valence-corrected chi connectivity index (χ4v) is 4.54. The quantitative estimate of drug-likeness (QED) is 0.676. The number of primary amides is 1. The second-order valence-electron chi connectivity index (χ2n) is 8.03. The number of hydrogen-bond acceptors (Lipinski definition) is 3. The molecular weight excluding hydrogens is 377 g/mol. The minimum absolute atomic E-state index is 0.102. The van der Waals surface area contributed by atoms with Gasteiger partial charge in [0, 0.05) is 18.8 Å². The molecule has 1 aliphatic heterocycles. The fourth-order valence-electron chi connectivity index (χ4n) is 4.54. The van der Waals surface area contributed by atoms with Gasteiger partial charge in [0.2, 0.25) is 5.91 Å². The molecule has 1 amide bonds. The molecule has 2 N–H and O–H groups in total. The van der Waals surface area contributed by atoms with E-state index in [1.165, 1.54) is 12.1 Å². The van der Waals surface area contributed by atoms with Crippen LogP contribution in [0, 0.1) is 5.82 Å². The van der Waals surface area contributed by atoms with Gasteiger partial charge in [-0.1, -0.05) is 42.5 Å². The first-order valence-corrected chi connectivity index (χ1v) is 10.3. The first-order chi connectivity index (χ1) is 14.5. The van der Waals surface area contributed by atoms with Crippen LogP contribution >= 0.6 is 0 Å². The summed E-state index contributed by atoms with van der Waals surface area (Å²) in [4.78, 5) is 19.7. The van der Waals surface area contributed by atoms with Crippen LogP contribution in [-0.2, 0) is 23.1 Å². The van der Waals surface area contributed by atoms with Gasteiger partial charge in [0.15, 0.2) is 0 Å². The number of pyridine rings is 1. The predicted molar refractivity (Wildman–Crippen MR) is 117 cm³/mol. The summed E-state index contributed by atoms with van der Waals surface area (Å²) in [7, 11) is 0. The van der Waals surface area contributed by atoms with Gasteiger partial charge in [-0.3, -0.25) is 9.78 Å². The molecule has 4 rings (SSSR count). The summed E-state index contributed by atoms with van der Waals surface area (Å²) in [5, 5.41) is 0. The van der Waals surface area contributed by atoms with E-state index < -0.39 is 5.41 Å². The Hall–Kier alpha value is -3.21. The summed E-state index contributed by atoms with van der Waals surface area (Å²) in [5.41, 5.74) is 9.21. The number of carbonyl (C=O) groups excluding carboxylic acids is 1. The number of hydrogen-bond donors (Lipinski definition) is 1. The molecule has 154 valence electrons. The maximum absolute atomic E-state index is 13.3. The molecule has 4 nitrogen and oxygen atoms in total. The van der Waals surface area contributed by atoms with Gasteiger partial charge in [0.05, 0.1) is 16.8 Å². The average molecular weight is 404 g/mol. The summed E-state index contributed by atoms with van der Waals surface area (Å²) in [5.74, 6) is -0.577. The third-order valence-electron chi connectivity index (χ3n) is 6.31. The number of rotatable bonds is 6. The summed E-state index contributed by atoms with van der Waals surface area (Å²) in [6.45, 7) is 2.63. The van der Waals surface area contributed by atoms with E-state index in [1.807, 2.05) is 61.7 Å². The van der Waals surface area contributed by atoms with Crippen molar-refractivity contribution in [3.05, 3.63) is 95.6 Å². The Kier molecular flexibility index (Phi) is 5.53. The average Bonchev–Trinajstić information content (AvgIpc) is 2.78. The lowest BCUT2D eigenvalue weighted by atomic mass is 9.71. The smallest absolute Gasteiger partial charge is 0.229 e. The van der Waals surface area contributed by atoms with Crippen molar-refractivity contribution in [3.63, 3.8) is 0 Å². The molecule has 0 spiro atoms. The number of benzene rings is 2. The van der Waals surface area contributed by atoms with Gasteiger partial charge in [-0.05, 0) is 61.6 Å². The van der Waals surface area contributed by atoms with E-state index in [4.69, 9.17) is 5.73 Å². The van der Waals surface area contributed by atoms with Crippen LogP contribution in [0.4, 0.5) is 10.1 Å². The standard InChI is InChI=1S/C25H26FN3O/c1-25(24(27)30,19-6-3-2-4-7-19)23-14-13-21-22(8-5-16-28-21)29(23)17-15-18-9-11-20(26)12-10-18/h2-12,16,23H,13-15,17H2,1H3,(H2,27,30). The number of fused-ring (bicyclic) bond motifs is 1. The van der Waals surface area contributed by atoms with E-state index >= 15 is 0 Å². The lowest BCUT2D eigenvalue weighted by molar-refractivity contribution is -0.123. The van der Waals surface area contributed by atoms with Crippen molar-refractivity contribution in [2.45, 2.75) is 37.6 Å². The van der Waals surface area contributed by atoms with Gasteiger partial charge < -0.3 is 10.6 Å². The molecule has 0 radical (unpaired) electrons. The third-order valence-corrected chi connectivity index (χ3v) is 6.31. The Bertz CT molecular complexity index is 1020. The highest BCUT2D eigenvalue weighted by Crippen LogP contribution is 2.40. The van der Waals surface area contributed by atoms with Crippen LogP contribution in [0.25, 0.3) is 0 Å². The van der Waals surface area contributed by atoms with Crippen molar-refractivity contribution in [2.75, 3.05) is 11.4 Å². The van der Waals surface area contributed by atoms with E-state index in [0.717, 1.165) is 41.8 Å². The van der Waals surface area contributed by atoms with Crippen LogP contribution in [-0.4, -0.2) is 23.5 Å². The normalized spacial score (nSPS) is 17.8. The Labute approximate surface area is 176 Å². The summed E-state index contributed by atoms with van der Waals surface area (Å²) in [6.07, 6.45) is 4.11. The number of aromatic nitrogens is 1. The van der Waals surface area contributed by atoms with Gasteiger partial charge in [0.1, 0.15) is 5.82 Å². The van der Waals surface area contributed by atoms with Crippen molar-refractivity contribution in [1.82, 2.24) is 4.98 Å². The molecule has 0 saturated carbocycles. The van der Waals surface area contributed by atoms with E-state index in [1.54, 1.807) is 0 Å². The fraction of sp³-hybridized carbons (Fsp3) is 0.280. The highest BCUT2D eigenvalue weighted by molar-refractivity contribution is 5.88. The van der Waals surface area contributed by atoms with Crippen molar-refractivity contribution >= 4 is 11.6 Å². The van der Waals surface area contributed by atoms with Gasteiger partial charge in [0.25, 0.3) is 0 Å². The maximum Gasteiger partial charge on any atom is 0.229 e. The first-order valence-electron chi connectivity index (χ1n) is 10.3. The van der Waals surface area contributed by atoms with E-state index in [-0.39, 0.29) is 17.8 Å². The molecule has 1 aromatic heterocycles. The third kappa shape index (κ3) is 3.67. The molecule has 2 unspecified atom stereocenters. The van der Waals surface area contributed by atoms with Crippen LogP contribution in [0.5, 0.6) is 0 Å². The molecular formula is C25H26FN3O. The molecule has 0 bridgehead atoms. The predicted octanol–water partition coefficient (Wildman–Crippen LogP) is 4.03. The van der Waals surface area contributed by atoms with Crippen LogP contribution in [0.3, 0.4) is 0 Å². The van der Waals surface area contributed by atoms with Crippen LogP contribution in [0.15, 0.2) is 72.9 Å². The van der Waals surface area contributed by atoms with Gasteiger partial charge in [-0.15, -0.1) is 0 Å². The van der Waals surface area contributed by atoms with E-state index in [0.29, 0.717) is 6.54 Å². The highest BCUT2D eigenvalue weighted by atomic mass is 19.1. The zero-order chi connectivity index (χ0) is 21.1. The van der Waals surface area contributed by atoms with Crippen molar-refractivity contribution in [3.8, 4) is 0 Å². The second-order valence-corrected chi connectivity index (χ2v) is 8.03. The van der Waals surface area contributed by atoms with E-state index in [9.17, 15) is 9.18 Å². The van der Waals surface area contributed by atoms with Crippen molar-refractivity contribution in [2.24, 2.45) is 5.73 Å². The molecule has 2 atom stereocenters. The van der Waals surface area contributed by atoms with Gasteiger partial charge in [-0.2, -0.15) is 0 Å². The SMILES string of the molecule is CC(C(N)=O)(c1ccccc1)C1CCc2ncccc2N1CCc1ccc(F)cc1. The van der Waals surface area contributed by atoms with Gasteiger partial charge in [-0.25, -0.2) is 4.39 Å². The van der Waals surface area contributed by atoms with Crippen molar-refractivity contribution < 1.29 is 9.18 Å². The van der Waals surface area contributed by atoms with E-state index in [2.05, 4.69) is 16.0 Å². The number of nitrogens with two attached hydrogens (primary N) is 1. The van der Waals surface area contributed by atoms with Crippen molar-refractivity contribution in [1.29, 1.82) is 0 Å². The topological polar surface area (TPSA) is 59.2 Å². The number of aryl methyl sites for hydroxylation is 1. The Morgan fingerprint density at radius 3 is 2.57 bits per heavy atom. The zero-order valence-corrected chi connectivity index (χ0v) is 17.1. The Balaban J connectivity index is 1.73. The lowest BCUT2D eigenvalue weighted by Crippen LogP contribution is -2.58. The lowest BCUT2D eigenvalue weighted by Gasteiger charge is -2.47. The van der Waals surface area contributed by atoms with Crippen LogP contribution in [0.2, 0.25) is 0 Å². The first kappa shape index (κ1) is 20.1. The monoisotopic (exact) mass is 403 g/mol. The number of halogens is 1. The zero-order valence-electron chi connectivity index (χ0n) is 17.1. The number of carbonyl (C=O) groups is 1. The number of anilines is 1. The molecule has 0 aliphatic carbocycles. The molecule has 1 aliphatic rings. The Morgan fingerprint density at radius 2 is 1.87 bits per heavy atom. The second kappa shape index (κ2) is 8.27. The Morgan fingerprint density at radius 1 is 1.13 bits per heavy atom. The van der Waals surface area contributed by atoms with Gasteiger partial charge >= 0.3 is 0 Å². The maximum atomic E-state index is 13.3. The van der Waals surface area contributed by atoms with Crippen LogP contribution in [0.1, 0.15) is 30.2 Å². The summed E-state index contributed by atoms with van der Waals surface area (Å²) >= 11 is 0. The summed E-state index contributed by atoms with van der Waals surface area (Å²) in [6, 6.07) is 20.2. The largest absolute Gasteiger partial charge is 0.369 e. The molecule has 0 fully saturated rings. The highest BCUT2D eigenvalue weighted by Gasteiger charge is 2.46. The molecule has 5 heteroatoms.